The van der Waals surface area contributed by atoms with Crippen LogP contribution in [0.3, 0.4) is 0 Å². The molecule has 0 fully saturated rings. The number of anilines is 1. The van der Waals surface area contributed by atoms with E-state index in [1.54, 1.807) is 0 Å². The van der Waals surface area contributed by atoms with Crippen molar-refractivity contribution in [2.75, 3.05) is 5.73 Å². The van der Waals surface area contributed by atoms with E-state index in [0.717, 1.165) is 27.0 Å². The molecule has 0 spiro atoms. The lowest BCUT2D eigenvalue weighted by molar-refractivity contribution is 0.102. The number of hydrogen-bond donors (Lipinski definition) is 1. The lowest BCUT2D eigenvalue weighted by Gasteiger charge is -2.07. The highest BCUT2D eigenvalue weighted by Gasteiger charge is 2.20. The monoisotopic (exact) mass is 345 g/mol. The molecule has 0 aliphatic carbocycles. The van der Waals surface area contributed by atoms with Crippen molar-refractivity contribution in [1.82, 2.24) is 9.97 Å². The van der Waals surface area contributed by atoms with Crippen molar-refractivity contribution in [2.24, 2.45) is 0 Å². The maximum Gasteiger partial charge on any atom is 0.171 e. The van der Waals surface area contributed by atoms with Gasteiger partial charge in [0.05, 0.1) is 21.6 Å². The van der Waals surface area contributed by atoms with E-state index in [1.165, 1.54) is 18.3 Å². The van der Waals surface area contributed by atoms with Gasteiger partial charge < -0.3 is 5.73 Å². The second kappa shape index (κ2) is 6.11. The third-order valence-electron chi connectivity index (χ3n) is 3.99. The predicted octanol–water partition coefficient (Wildman–Crippen LogP) is 4.81. The highest BCUT2D eigenvalue weighted by molar-refractivity contribution is 7.21. The van der Waals surface area contributed by atoms with Gasteiger partial charge in [0.25, 0.3) is 0 Å². The fourth-order valence-corrected chi connectivity index (χ4v) is 3.79. The topological polar surface area (TPSA) is 68.9 Å². The first-order valence-corrected chi connectivity index (χ1v) is 8.68. The van der Waals surface area contributed by atoms with Crippen LogP contribution in [0.2, 0.25) is 0 Å². The summed E-state index contributed by atoms with van der Waals surface area (Å²) in [5.41, 5.74) is 9.37. The van der Waals surface area contributed by atoms with E-state index in [9.17, 15) is 4.79 Å². The molecular formula is C20H15N3OS. The Morgan fingerprint density at radius 3 is 2.12 bits per heavy atom. The molecule has 4 nitrogen and oxygen atoms in total. The Kier molecular flexibility index (Phi) is 3.78. The summed E-state index contributed by atoms with van der Waals surface area (Å²) < 4.78 is 0. The second-order valence-electron chi connectivity index (χ2n) is 5.71. The molecule has 0 amide bonds. The fraction of sp³-hybridized carbons (Fsp3) is 0.0500. The summed E-state index contributed by atoms with van der Waals surface area (Å²) in [5.74, 6) is 0.573. The molecule has 0 unspecified atom stereocenters. The Morgan fingerprint density at radius 2 is 1.52 bits per heavy atom. The standard InChI is InChI=1S/C20H15N3OS/c1-12(24)18-16(21)15-17(13-8-4-2-5-9-13)22-19(23-20(15)25-18)14-10-6-3-7-11-14/h2-11H,21H2,1H3. The zero-order chi connectivity index (χ0) is 17.4. The van der Waals surface area contributed by atoms with Crippen LogP contribution < -0.4 is 5.73 Å². The van der Waals surface area contributed by atoms with Crippen LogP contribution in [0.15, 0.2) is 60.7 Å². The Labute approximate surface area is 149 Å². The van der Waals surface area contributed by atoms with Gasteiger partial charge >= 0.3 is 0 Å². The molecule has 0 saturated heterocycles. The van der Waals surface area contributed by atoms with Crippen molar-refractivity contribution in [2.45, 2.75) is 6.92 Å². The molecule has 0 saturated carbocycles. The third-order valence-corrected chi connectivity index (χ3v) is 5.19. The van der Waals surface area contributed by atoms with Crippen molar-refractivity contribution < 1.29 is 4.79 Å². The normalized spacial score (nSPS) is 10.9. The van der Waals surface area contributed by atoms with E-state index in [-0.39, 0.29) is 5.78 Å². The average molecular weight is 345 g/mol. The van der Waals surface area contributed by atoms with E-state index in [1.807, 2.05) is 60.7 Å². The Hall–Kier alpha value is -3.05. The van der Waals surface area contributed by atoms with Gasteiger partial charge in [0.1, 0.15) is 4.83 Å². The summed E-state index contributed by atoms with van der Waals surface area (Å²) in [4.78, 5) is 22.6. The number of carbonyl (C=O) groups is 1. The maximum absolute atomic E-state index is 11.9. The van der Waals surface area contributed by atoms with Crippen LogP contribution in [0.5, 0.6) is 0 Å². The Balaban J connectivity index is 2.07. The molecule has 4 rings (SSSR count). The van der Waals surface area contributed by atoms with Crippen LogP contribution in [0.1, 0.15) is 16.6 Å². The number of nitrogen functional groups attached to an aromatic ring is 1. The van der Waals surface area contributed by atoms with E-state index < -0.39 is 0 Å². The van der Waals surface area contributed by atoms with Gasteiger partial charge in [-0.05, 0) is 0 Å². The zero-order valence-corrected chi connectivity index (χ0v) is 14.4. The van der Waals surface area contributed by atoms with Gasteiger partial charge in [-0.1, -0.05) is 60.7 Å². The second-order valence-corrected chi connectivity index (χ2v) is 6.71. The summed E-state index contributed by atoms with van der Waals surface area (Å²) >= 11 is 1.32. The van der Waals surface area contributed by atoms with Crippen molar-refractivity contribution >= 4 is 33.0 Å². The molecule has 0 bridgehead atoms. The molecule has 2 aromatic carbocycles. The van der Waals surface area contributed by atoms with E-state index in [2.05, 4.69) is 4.98 Å². The number of benzene rings is 2. The summed E-state index contributed by atoms with van der Waals surface area (Å²) in [7, 11) is 0. The molecule has 0 radical (unpaired) electrons. The molecule has 0 atom stereocenters. The van der Waals surface area contributed by atoms with Crippen LogP contribution in [0.25, 0.3) is 32.9 Å². The first kappa shape index (κ1) is 15.5. The molecule has 122 valence electrons. The smallest absolute Gasteiger partial charge is 0.171 e. The number of Topliss-reactive ketones (excluding diaryl/α,β-unsaturated/α-hetero) is 1. The highest BCUT2D eigenvalue weighted by atomic mass is 32.1. The predicted molar refractivity (Wildman–Crippen MR) is 103 cm³/mol. The molecule has 0 aliphatic rings. The summed E-state index contributed by atoms with van der Waals surface area (Å²) in [6.07, 6.45) is 0. The van der Waals surface area contributed by atoms with Crippen molar-refractivity contribution in [3.8, 4) is 22.6 Å². The quantitative estimate of drug-likeness (QED) is 0.541. The average Bonchev–Trinajstić information content (AvgIpc) is 2.99. The van der Waals surface area contributed by atoms with Crippen molar-refractivity contribution in [1.29, 1.82) is 0 Å². The fourth-order valence-electron chi connectivity index (χ4n) is 2.80. The number of ketones is 1. The number of rotatable bonds is 3. The summed E-state index contributed by atoms with van der Waals surface area (Å²) in [6, 6.07) is 19.7. The van der Waals surface area contributed by atoms with Gasteiger partial charge in [-0.3, -0.25) is 4.79 Å². The van der Waals surface area contributed by atoms with Crippen LogP contribution in [-0.2, 0) is 0 Å². The Bertz CT molecular complexity index is 1070. The molecule has 2 aromatic heterocycles. The molecule has 0 aliphatic heterocycles. The summed E-state index contributed by atoms with van der Waals surface area (Å²) in [6.45, 7) is 1.52. The molecule has 5 heteroatoms. The molecule has 2 heterocycles. The van der Waals surface area contributed by atoms with Gasteiger partial charge in [-0.15, -0.1) is 11.3 Å². The van der Waals surface area contributed by atoms with Gasteiger partial charge in [0.2, 0.25) is 0 Å². The molecule has 2 N–H and O–H groups in total. The Morgan fingerprint density at radius 1 is 0.920 bits per heavy atom. The van der Waals surface area contributed by atoms with Crippen LogP contribution >= 0.6 is 11.3 Å². The van der Waals surface area contributed by atoms with Crippen LogP contribution in [0, 0.1) is 0 Å². The molecule has 25 heavy (non-hydrogen) atoms. The highest BCUT2D eigenvalue weighted by Crippen LogP contribution is 2.39. The van der Waals surface area contributed by atoms with Gasteiger partial charge in [-0.2, -0.15) is 0 Å². The lowest BCUT2D eigenvalue weighted by Crippen LogP contribution is -1.97. The number of nitrogens with two attached hydrogens (primary N) is 1. The number of thiophene rings is 1. The largest absolute Gasteiger partial charge is 0.397 e. The zero-order valence-electron chi connectivity index (χ0n) is 13.6. The van der Waals surface area contributed by atoms with Gasteiger partial charge in [0, 0.05) is 18.1 Å². The first-order valence-electron chi connectivity index (χ1n) is 7.87. The first-order chi connectivity index (χ1) is 12.1. The number of fused-ring (bicyclic) bond motifs is 1. The number of nitrogens with zero attached hydrogens (tertiary/aromatic N) is 2. The van der Waals surface area contributed by atoms with Gasteiger partial charge in [-0.25, -0.2) is 9.97 Å². The SMILES string of the molecule is CC(=O)c1sc2nc(-c3ccccc3)nc(-c3ccccc3)c2c1N. The van der Waals surface area contributed by atoms with Crippen LogP contribution in [-0.4, -0.2) is 15.8 Å². The third kappa shape index (κ3) is 2.68. The van der Waals surface area contributed by atoms with E-state index in [0.29, 0.717) is 16.4 Å². The minimum atomic E-state index is -0.0548. The maximum atomic E-state index is 11.9. The minimum Gasteiger partial charge on any atom is -0.397 e. The summed E-state index contributed by atoms with van der Waals surface area (Å²) in [5, 5.41) is 0.751. The lowest BCUT2D eigenvalue weighted by atomic mass is 10.1. The number of aromatic nitrogens is 2. The minimum absolute atomic E-state index is 0.0548. The number of carbonyl (C=O) groups excluding carboxylic acids is 1. The van der Waals surface area contributed by atoms with Crippen molar-refractivity contribution in [3.05, 3.63) is 65.5 Å². The van der Waals surface area contributed by atoms with Crippen molar-refractivity contribution in [3.63, 3.8) is 0 Å². The van der Waals surface area contributed by atoms with E-state index in [4.69, 9.17) is 10.7 Å². The number of hydrogen-bond acceptors (Lipinski definition) is 5. The molecule has 4 aromatic rings. The van der Waals surface area contributed by atoms with Gasteiger partial charge in [0.15, 0.2) is 11.6 Å². The van der Waals surface area contributed by atoms with Crippen LogP contribution in [0.4, 0.5) is 5.69 Å². The molecular weight excluding hydrogens is 330 g/mol. The van der Waals surface area contributed by atoms with E-state index >= 15 is 0 Å².